The molecule has 3 nitrogen and oxygen atoms in total. The quantitative estimate of drug-likeness (QED) is 0.846. The number of carbonyl (C=O) groups is 1. The van der Waals surface area contributed by atoms with Crippen LogP contribution >= 0.6 is 11.3 Å². The van der Waals surface area contributed by atoms with Crippen LogP contribution in [0.3, 0.4) is 0 Å². The molecule has 1 fully saturated rings. The van der Waals surface area contributed by atoms with Crippen molar-refractivity contribution in [1.82, 2.24) is 4.98 Å². The van der Waals surface area contributed by atoms with Crippen LogP contribution in [0, 0.1) is 5.41 Å². The molecule has 100 valence electrons. The molecule has 1 saturated carbocycles. The highest BCUT2D eigenvalue weighted by molar-refractivity contribution is 7.13. The van der Waals surface area contributed by atoms with E-state index in [1.807, 2.05) is 0 Å². The minimum Gasteiger partial charge on any atom is -0.327 e. The van der Waals surface area contributed by atoms with Gasteiger partial charge in [0.25, 0.3) is 0 Å². The maximum Gasteiger partial charge on any atom is 0.443 e. The van der Waals surface area contributed by atoms with Crippen LogP contribution in [0.15, 0.2) is 6.20 Å². The lowest BCUT2D eigenvalue weighted by Gasteiger charge is -2.26. The second-order valence-electron chi connectivity index (χ2n) is 4.77. The first-order valence-corrected chi connectivity index (χ1v) is 6.40. The fraction of sp³-hybridized carbons (Fsp3) is 0.636. The number of Topliss-reactive ketones (excluding diaryl/α,β-unsaturated/α-hetero) is 1. The molecule has 1 aliphatic carbocycles. The van der Waals surface area contributed by atoms with Gasteiger partial charge in [-0.3, -0.25) is 4.79 Å². The van der Waals surface area contributed by atoms with Gasteiger partial charge in [0.15, 0.2) is 10.8 Å². The predicted molar refractivity (Wildman–Crippen MR) is 61.4 cm³/mol. The number of halogens is 3. The number of thiazole rings is 1. The Bertz CT molecular complexity index is 471. The fourth-order valence-corrected chi connectivity index (χ4v) is 3.13. The topological polar surface area (TPSA) is 56.0 Å². The average molecular weight is 278 g/mol. The van der Waals surface area contributed by atoms with Gasteiger partial charge in [0.05, 0.1) is 4.88 Å². The predicted octanol–water partition coefficient (Wildman–Crippen LogP) is 2.86. The highest BCUT2D eigenvalue weighted by atomic mass is 32.1. The maximum atomic E-state index is 12.4. The Kier molecular flexibility index (Phi) is 3.23. The van der Waals surface area contributed by atoms with Crippen molar-refractivity contribution in [3.05, 3.63) is 16.1 Å². The number of hydrogen-bond acceptors (Lipinski definition) is 4. The van der Waals surface area contributed by atoms with Crippen LogP contribution in [0.25, 0.3) is 0 Å². The molecule has 1 aliphatic rings. The second kappa shape index (κ2) is 4.31. The molecule has 0 spiro atoms. The van der Waals surface area contributed by atoms with Crippen LogP contribution in [-0.2, 0) is 6.18 Å². The summed E-state index contributed by atoms with van der Waals surface area (Å²) in [6.45, 7) is 1.72. The largest absolute Gasteiger partial charge is 0.443 e. The molecule has 18 heavy (non-hydrogen) atoms. The number of hydrogen-bond donors (Lipinski definition) is 1. The van der Waals surface area contributed by atoms with E-state index in [-0.39, 0.29) is 16.7 Å². The molecule has 0 amide bonds. The number of ketones is 1. The van der Waals surface area contributed by atoms with E-state index in [1.54, 1.807) is 6.92 Å². The number of aromatic nitrogens is 1. The van der Waals surface area contributed by atoms with Crippen molar-refractivity contribution in [2.75, 3.05) is 0 Å². The summed E-state index contributed by atoms with van der Waals surface area (Å²) in [5, 5.41) is -0.985. The van der Waals surface area contributed by atoms with E-state index in [4.69, 9.17) is 5.73 Å². The third kappa shape index (κ3) is 2.16. The lowest BCUT2D eigenvalue weighted by molar-refractivity contribution is -0.137. The number of rotatable bonds is 2. The highest BCUT2D eigenvalue weighted by Crippen LogP contribution is 2.41. The Morgan fingerprint density at radius 1 is 1.61 bits per heavy atom. The summed E-state index contributed by atoms with van der Waals surface area (Å²) in [6, 6.07) is -0.290. The summed E-state index contributed by atoms with van der Waals surface area (Å²) < 4.78 is 37.3. The molecule has 2 rings (SSSR count). The zero-order valence-corrected chi connectivity index (χ0v) is 10.6. The van der Waals surface area contributed by atoms with Gasteiger partial charge in [-0.1, -0.05) is 13.3 Å². The molecule has 2 atom stereocenters. The van der Waals surface area contributed by atoms with Gasteiger partial charge >= 0.3 is 6.18 Å². The van der Waals surface area contributed by atoms with Crippen molar-refractivity contribution < 1.29 is 18.0 Å². The van der Waals surface area contributed by atoms with Gasteiger partial charge in [-0.2, -0.15) is 13.2 Å². The third-order valence-electron chi connectivity index (χ3n) is 3.52. The number of nitrogens with two attached hydrogens (primary N) is 1. The highest BCUT2D eigenvalue weighted by Gasteiger charge is 2.45. The molecule has 0 aliphatic heterocycles. The van der Waals surface area contributed by atoms with Gasteiger partial charge in [0.2, 0.25) is 0 Å². The van der Waals surface area contributed by atoms with Crippen LogP contribution in [0.2, 0.25) is 0 Å². The van der Waals surface area contributed by atoms with Crippen molar-refractivity contribution >= 4 is 17.1 Å². The van der Waals surface area contributed by atoms with Crippen LogP contribution in [0.1, 0.15) is 40.9 Å². The Morgan fingerprint density at radius 2 is 2.28 bits per heavy atom. The Morgan fingerprint density at radius 3 is 2.72 bits per heavy atom. The van der Waals surface area contributed by atoms with E-state index >= 15 is 0 Å². The second-order valence-corrected chi connectivity index (χ2v) is 5.80. The van der Waals surface area contributed by atoms with Gasteiger partial charge in [-0.25, -0.2) is 4.98 Å². The lowest BCUT2D eigenvalue weighted by Crippen LogP contribution is -2.40. The van der Waals surface area contributed by atoms with Crippen LogP contribution in [0.4, 0.5) is 13.2 Å². The van der Waals surface area contributed by atoms with Crippen LogP contribution in [-0.4, -0.2) is 16.8 Å². The van der Waals surface area contributed by atoms with Gasteiger partial charge < -0.3 is 5.73 Å². The lowest BCUT2D eigenvalue weighted by atomic mass is 9.80. The minimum atomic E-state index is -4.50. The molecule has 2 N–H and O–H groups in total. The monoisotopic (exact) mass is 278 g/mol. The van der Waals surface area contributed by atoms with E-state index in [2.05, 4.69) is 4.98 Å². The SMILES string of the molecule is CC1(C(=O)c2cnc(C(F)(F)F)s2)CCCC1N. The third-order valence-corrected chi connectivity index (χ3v) is 4.56. The molecule has 2 unspecified atom stereocenters. The Labute approximate surface area is 106 Å². The average Bonchev–Trinajstić information content (AvgIpc) is 2.86. The summed E-state index contributed by atoms with van der Waals surface area (Å²) in [7, 11) is 0. The summed E-state index contributed by atoms with van der Waals surface area (Å²) in [5.74, 6) is -0.319. The number of carbonyl (C=O) groups excluding carboxylic acids is 1. The van der Waals surface area contributed by atoms with Crippen LogP contribution < -0.4 is 5.73 Å². The number of nitrogens with zero attached hydrogens (tertiary/aromatic N) is 1. The van der Waals surface area contributed by atoms with Crippen molar-refractivity contribution in [2.24, 2.45) is 11.1 Å². The van der Waals surface area contributed by atoms with Gasteiger partial charge in [0, 0.05) is 17.7 Å². The molecule has 1 heterocycles. The van der Waals surface area contributed by atoms with E-state index < -0.39 is 16.6 Å². The molecule has 7 heteroatoms. The van der Waals surface area contributed by atoms with Crippen LogP contribution in [0.5, 0.6) is 0 Å². The maximum absolute atomic E-state index is 12.4. The summed E-state index contributed by atoms with van der Waals surface area (Å²) in [4.78, 5) is 15.6. The Hall–Kier alpha value is -0.950. The molecule has 0 bridgehead atoms. The van der Waals surface area contributed by atoms with E-state index in [9.17, 15) is 18.0 Å². The molecule has 1 aromatic heterocycles. The molecule has 0 aromatic carbocycles. The van der Waals surface area contributed by atoms with Gasteiger partial charge in [0.1, 0.15) is 0 Å². The first-order valence-electron chi connectivity index (χ1n) is 5.58. The van der Waals surface area contributed by atoms with Gasteiger partial charge in [-0.05, 0) is 12.8 Å². The minimum absolute atomic E-state index is 0.0437. The molecule has 0 radical (unpaired) electrons. The van der Waals surface area contributed by atoms with E-state index in [0.717, 1.165) is 19.0 Å². The molecule has 0 saturated heterocycles. The van der Waals surface area contributed by atoms with Crippen molar-refractivity contribution in [3.63, 3.8) is 0 Å². The van der Waals surface area contributed by atoms with Crippen molar-refractivity contribution in [3.8, 4) is 0 Å². The zero-order chi connectivity index (χ0) is 13.6. The van der Waals surface area contributed by atoms with E-state index in [0.29, 0.717) is 17.8 Å². The first-order chi connectivity index (χ1) is 8.25. The normalized spacial score (nSPS) is 28.6. The van der Waals surface area contributed by atoms with Crippen molar-refractivity contribution in [1.29, 1.82) is 0 Å². The summed E-state index contributed by atoms with van der Waals surface area (Å²) in [6.07, 6.45) is -1.32. The Balaban J connectivity index is 2.27. The summed E-state index contributed by atoms with van der Waals surface area (Å²) in [5.41, 5.74) is 5.13. The van der Waals surface area contributed by atoms with Gasteiger partial charge in [-0.15, -0.1) is 11.3 Å². The molecular formula is C11H13F3N2OS. The summed E-state index contributed by atoms with van der Waals surface area (Å²) >= 11 is 0.394. The standard InChI is InChI=1S/C11H13F3N2OS/c1-10(4-2-3-7(10)15)8(17)6-5-16-9(18-6)11(12,13)14/h5,7H,2-4,15H2,1H3. The first kappa shape index (κ1) is 13.5. The molecular weight excluding hydrogens is 265 g/mol. The van der Waals surface area contributed by atoms with Crippen molar-refractivity contribution in [2.45, 2.75) is 38.4 Å². The number of alkyl halides is 3. The zero-order valence-electron chi connectivity index (χ0n) is 9.75. The van der Waals surface area contributed by atoms with E-state index in [1.165, 1.54) is 0 Å². The smallest absolute Gasteiger partial charge is 0.327 e. The molecule has 1 aromatic rings. The fourth-order valence-electron chi connectivity index (χ4n) is 2.27.